The first-order valence-electron chi connectivity index (χ1n) is 6.52. The molecule has 1 unspecified atom stereocenters. The van der Waals surface area contributed by atoms with Crippen LogP contribution in [0.25, 0.3) is 0 Å². The molecule has 0 bridgehead atoms. The third-order valence-corrected chi connectivity index (χ3v) is 4.23. The Bertz CT molecular complexity index is 659. The van der Waals surface area contributed by atoms with E-state index in [2.05, 4.69) is 22.0 Å². The van der Waals surface area contributed by atoms with Crippen LogP contribution in [0.3, 0.4) is 0 Å². The zero-order chi connectivity index (χ0) is 14.3. The van der Waals surface area contributed by atoms with Crippen molar-refractivity contribution in [1.29, 1.82) is 0 Å². The molecule has 0 aromatic heterocycles. The third kappa shape index (κ3) is 2.45. The van der Waals surface area contributed by atoms with Crippen molar-refractivity contribution in [2.24, 2.45) is 5.73 Å². The topological polar surface area (TPSA) is 35.2 Å². The lowest BCUT2D eigenvalue weighted by molar-refractivity contribution is 0.161. The monoisotopic (exact) mass is 335 g/mol. The summed E-state index contributed by atoms with van der Waals surface area (Å²) >= 11 is 3.21. The number of hydrogen-bond donors (Lipinski definition) is 1. The average Bonchev–Trinajstić information content (AvgIpc) is 2.42. The minimum atomic E-state index is -0.273. The van der Waals surface area contributed by atoms with E-state index in [1.165, 1.54) is 11.6 Å². The predicted octanol–water partition coefficient (Wildman–Crippen LogP) is 4.42. The van der Waals surface area contributed by atoms with Crippen LogP contribution in [0.4, 0.5) is 4.39 Å². The Morgan fingerprint density at radius 3 is 2.80 bits per heavy atom. The Kier molecular flexibility index (Phi) is 3.52. The van der Waals surface area contributed by atoms with Gasteiger partial charge in [0.2, 0.25) is 0 Å². The molecule has 0 saturated carbocycles. The molecule has 0 radical (unpaired) electrons. The summed E-state index contributed by atoms with van der Waals surface area (Å²) in [6, 6.07) is 10.9. The third-order valence-electron chi connectivity index (χ3n) is 3.62. The fourth-order valence-electron chi connectivity index (χ4n) is 2.54. The van der Waals surface area contributed by atoms with Crippen molar-refractivity contribution < 1.29 is 9.13 Å². The normalized spacial score (nSPS) is 21.2. The molecular weight excluding hydrogens is 321 g/mol. The molecule has 4 heteroatoms. The lowest BCUT2D eigenvalue weighted by atomic mass is 9.93. The standard InChI is InChI=1S/C16H15BrFNO/c1-9-2-5-15-11(6-9)14(19)8-16(20-15)10-3-4-13(18)12(17)7-10/h2-7,14,16H,8,19H2,1H3/t14-,16?/m1/s1. The number of benzene rings is 2. The summed E-state index contributed by atoms with van der Waals surface area (Å²) in [6.45, 7) is 2.04. The number of rotatable bonds is 1. The number of ether oxygens (including phenoxy) is 1. The molecule has 2 nitrogen and oxygen atoms in total. The molecule has 0 spiro atoms. The Hall–Kier alpha value is -1.39. The molecule has 20 heavy (non-hydrogen) atoms. The molecule has 0 amide bonds. The Balaban J connectivity index is 1.94. The maximum atomic E-state index is 13.3. The van der Waals surface area contributed by atoms with Gasteiger partial charge >= 0.3 is 0 Å². The smallest absolute Gasteiger partial charge is 0.137 e. The summed E-state index contributed by atoms with van der Waals surface area (Å²) < 4.78 is 19.8. The average molecular weight is 336 g/mol. The maximum Gasteiger partial charge on any atom is 0.137 e. The van der Waals surface area contributed by atoms with Gasteiger partial charge in [-0.1, -0.05) is 23.8 Å². The summed E-state index contributed by atoms with van der Waals surface area (Å²) in [5.41, 5.74) is 9.39. The maximum absolute atomic E-state index is 13.3. The van der Waals surface area contributed by atoms with Crippen LogP contribution in [-0.2, 0) is 0 Å². The van der Waals surface area contributed by atoms with Crippen molar-refractivity contribution in [1.82, 2.24) is 0 Å². The first-order chi connectivity index (χ1) is 9.54. The van der Waals surface area contributed by atoms with Gasteiger partial charge in [-0.2, -0.15) is 0 Å². The van der Waals surface area contributed by atoms with Crippen LogP contribution < -0.4 is 10.5 Å². The Morgan fingerprint density at radius 1 is 1.25 bits per heavy atom. The van der Waals surface area contributed by atoms with Crippen LogP contribution in [-0.4, -0.2) is 0 Å². The number of hydrogen-bond acceptors (Lipinski definition) is 2. The van der Waals surface area contributed by atoms with Gasteiger partial charge in [0.1, 0.15) is 17.7 Å². The highest BCUT2D eigenvalue weighted by atomic mass is 79.9. The van der Waals surface area contributed by atoms with Crippen molar-refractivity contribution in [2.45, 2.75) is 25.5 Å². The molecule has 0 aliphatic carbocycles. The van der Waals surface area contributed by atoms with Gasteiger partial charge in [0.05, 0.1) is 4.47 Å². The summed E-state index contributed by atoms with van der Waals surface area (Å²) in [4.78, 5) is 0. The SMILES string of the molecule is Cc1ccc2c(c1)[C@H](N)CC(c1ccc(F)c(Br)c1)O2. The first kappa shape index (κ1) is 13.6. The largest absolute Gasteiger partial charge is 0.485 e. The molecule has 2 atom stereocenters. The van der Waals surface area contributed by atoms with E-state index in [-0.39, 0.29) is 18.0 Å². The van der Waals surface area contributed by atoms with Crippen LogP contribution >= 0.6 is 15.9 Å². The van der Waals surface area contributed by atoms with Gasteiger partial charge in [0, 0.05) is 18.0 Å². The van der Waals surface area contributed by atoms with Gasteiger partial charge in [-0.05, 0) is 46.6 Å². The molecule has 1 aliphatic rings. The lowest BCUT2D eigenvalue weighted by Crippen LogP contribution is -2.24. The van der Waals surface area contributed by atoms with Gasteiger partial charge in [-0.25, -0.2) is 4.39 Å². The highest BCUT2D eigenvalue weighted by molar-refractivity contribution is 9.10. The van der Waals surface area contributed by atoms with Gasteiger partial charge in [-0.3, -0.25) is 0 Å². The second-order valence-corrected chi connectivity index (χ2v) is 6.02. The molecule has 0 fully saturated rings. The highest BCUT2D eigenvalue weighted by Gasteiger charge is 2.27. The van der Waals surface area contributed by atoms with Crippen molar-refractivity contribution in [3.8, 4) is 5.75 Å². The number of nitrogens with two attached hydrogens (primary N) is 1. The molecular formula is C16H15BrFNO. The first-order valence-corrected chi connectivity index (χ1v) is 7.31. The second-order valence-electron chi connectivity index (χ2n) is 5.16. The molecule has 2 N–H and O–H groups in total. The molecule has 2 aromatic carbocycles. The van der Waals surface area contributed by atoms with Crippen molar-refractivity contribution in [3.63, 3.8) is 0 Å². The zero-order valence-electron chi connectivity index (χ0n) is 11.1. The summed E-state index contributed by atoms with van der Waals surface area (Å²) in [5.74, 6) is 0.546. The van der Waals surface area contributed by atoms with E-state index in [1.54, 1.807) is 12.1 Å². The summed E-state index contributed by atoms with van der Waals surface area (Å²) in [5, 5.41) is 0. The van der Waals surface area contributed by atoms with E-state index in [1.807, 2.05) is 19.1 Å². The van der Waals surface area contributed by atoms with Crippen LogP contribution in [0.2, 0.25) is 0 Å². The molecule has 1 aliphatic heterocycles. The molecule has 1 heterocycles. The molecule has 2 aromatic rings. The van der Waals surface area contributed by atoms with E-state index in [9.17, 15) is 4.39 Å². The summed E-state index contributed by atoms with van der Waals surface area (Å²) in [7, 11) is 0. The highest BCUT2D eigenvalue weighted by Crippen LogP contribution is 2.40. The number of fused-ring (bicyclic) bond motifs is 1. The molecule has 0 saturated heterocycles. The van der Waals surface area contributed by atoms with Gasteiger partial charge in [0.15, 0.2) is 0 Å². The molecule has 104 valence electrons. The lowest BCUT2D eigenvalue weighted by Gasteiger charge is -2.31. The van der Waals surface area contributed by atoms with E-state index >= 15 is 0 Å². The van der Waals surface area contributed by atoms with Crippen LogP contribution in [0, 0.1) is 12.7 Å². The minimum absolute atomic E-state index is 0.0625. The van der Waals surface area contributed by atoms with E-state index in [0.29, 0.717) is 10.9 Å². The van der Waals surface area contributed by atoms with Crippen molar-refractivity contribution in [2.75, 3.05) is 0 Å². The predicted molar refractivity (Wildman–Crippen MR) is 80.2 cm³/mol. The van der Waals surface area contributed by atoms with E-state index in [0.717, 1.165) is 16.9 Å². The second kappa shape index (κ2) is 5.19. The zero-order valence-corrected chi connectivity index (χ0v) is 12.7. The molecule has 3 rings (SSSR count). The van der Waals surface area contributed by atoms with Gasteiger partial charge < -0.3 is 10.5 Å². The van der Waals surface area contributed by atoms with Crippen LogP contribution in [0.15, 0.2) is 40.9 Å². The van der Waals surface area contributed by atoms with Crippen LogP contribution in [0.1, 0.15) is 35.3 Å². The van der Waals surface area contributed by atoms with Crippen molar-refractivity contribution >= 4 is 15.9 Å². The van der Waals surface area contributed by atoms with Gasteiger partial charge in [-0.15, -0.1) is 0 Å². The Labute approximate surface area is 125 Å². The fraction of sp³-hybridized carbons (Fsp3) is 0.250. The quantitative estimate of drug-likeness (QED) is 0.837. The van der Waals surface area contributed by atoms with E-state index in [4.69, 9.17) is 10.5 Å². The Morgan fingerprint density at radius 2 is 2.05 bits per heavy atom. The fourth-order valence-corrected chi connectivity index (χ4v) is 2.94. The van der Waals surface area contributed by atoms with Gasteiger partial charge in [0.25, 0.3) is 0 Å². The number of halogens is 2. The number of aryl methyl sites for hydroxylation is 1. The van der Waals surface area contributed by atoms with Crippen LogP contribution in [0.5, 0.6) is 5.75 Å². The van der Waals surface area contributed by atoms with Crippen molar-refractivity contribution in [3.05, 3.63) is 63.4 Å². The minimum Gasteiger partial charge on any atom is -0.485 e. The summed E-state index contributed by atoms with van der Waals surface area (Å²) in [6.07, 6.45) is 0.547. The van der Waals surface area contributed by atoms with E-state index < -0.39 is 0 Å².